The van der Waals surface area contributed by atoms with Crippen LogP contribution in [0.15, 0.2) is 60.7 Å². The Hall–Kier alpha value is -1.91. The summed E-state index contributed by atoms with van der Waals surface area (Å²) in [5.74, 6) is -0.0833. The first-order valence-corrected chi connectivity index (χ1v) is 16.7. The van der Waals surface area contributed by atoms with Crippen LogP contribution in [0.2, 0.25) is 5.04 Å². The van der Waals surface area contributed by atoms with Crippen LogP contribution in [0.5, 0.6) is 0 Å². The summed E-state index contributed by atoms with van der Waals surface area (Å²) < 4.78 is 13.5. The standard InChI is InChI=1S/C33H50O3Si/c1-5-6-7-8-9-10-11-12-19-26-33(27-20-25-31(34)35-28-33)36-37(32(2,3)4,29-21-15-13-16-22-29)30-23-17-14-18-24-30/h13-18,21-24H,5-12,19-20,25-28H2,1-4H3/t33-/m0/s1. The minimum atomic E-state index is -2.74. The summed E-state index contributed by atoms with van der Waals surface area (Å²) in [4.78, 5) is 12.3. The van der Waals surface area contributed by atoms with Crippen LogP contribution in [0.4, 0.5) is 0 Å². The van der Waals surface area contributed by atoms with E-state index in [1.807, 2.05) is 0 Å². The van der Waals surface area contributed by atoms with Crippen molar-refractivity contribution in [2.75, 3.05) is 6.61 Å². The van der Waals surface area contributed by atoms with Gasteiger partial charge in [-0.15, -0.1) is 0 Å². The van der Waals surface area contributed by atoms with Crippen molar-refractivity contribution in [1.29, 1.82) is 0 Å². The minimum absolute atomic E-state index is 0.0833. The van der Waals surface area contributed by atoms with E-state index in [2.05, 4.69) is 88.4 Å². The monoisotopic (exact) mass is 522 g/mol. The molecule has 0 bridgehead atoms. The van der Waals surface area contributed by atoms with E-state index in [0.29, 0.717) is 13.0 Å². The predicted molar refractivity (Wildman–Crippen MR) is 158 cm³/mol. The summed E-state index contributed by atoms with van der Waals surface area (Å²) in [6.07, 6.45) is 14.8. The third-order valence-corrected chi connectivity index (χ3v) is 13.2. The average molecular weight is 523 g/mol. The number of unbranched alkanes of at least 4 members (excludes halogenated alkanes) is 8. The molecule has 0 amide bonds. The topological polar surface area (TPSA) is 35.5 Å². The molecule has 37 heavy (non-hydrogen) atoms. The number of cyclic esters (lactones) is 1. The van der Waals surface area contributed by atoms with Crippen molar-refractivity contribution >= 4 is 24.7 Å². The summed E-state index contributed by atoms with van der Waals surface area (Å²) in [6, 6.07) is 21.7. The normalized spacial score (nSPS) is 18.9. The summed E-state index contributed by atoms with van der Waals surface area (Å²) in [6.45, 7) is 9.62. The molecule has 4 heteroatoms. The molecule has 2 aromatic rings. The van der Waals surface area contributed by atoms with E-state index in [9.17, 15) is 4.79 Å². The van der Waals surface area contributed by atoms with Crippen LogP contribution in [-0.2, 0) is 14.0 Å². The van der Waals surface area contributed by atoms with Gasteiger partial charge in [-0.1, -0.05) is 146 Å². The highest BCUT2D eigenvalue weighted by Crippen LogP contribution is 2.42. The van der Waals surface area contributed by atoms with Gasteiger partial charge in [-0.25, -0.2) is 0 Å². The second-order valence-electron chi connectivity index (χ2n) is 12.0. The second-order valence-corrected chi connectivity index (χ2v) is 16.3. The highest BCUT2D eigenvalue weighted by Gasteiger charge is 2.54. The lowest BCUT2D eigenvalue weighted by Crippen LogP contribution is -2.70. The predicted octanol–water partition coefficient (Wildman–Crippen LogP) is 7.95. The van der Waals surface area contributed by atoms with Crippen LogP contribution in [-0.4, -0.2) is 26.5 Å². The fourth-order valence-electron chi connectivity index (χ4n) is 5.97. The van der Waals surface area contributed by atoms with Crippen LogP contribution in [0.3, 0.4) is 0 Å². The number of benzene rings is 2. The Kier molecular flexibility index (Phi) is 11.5. The van der Waals surface area contributed by atoms with Gasteiger partial charge < -0.3 is 9.16 Å². The van der Waals surface area contributed by atoms with Gasteiger partial charge in [0.15, 0.2) is 0 Å². The lowest BCUT2D eigenvalue weighted by molar-refractivity contribution is -0.147. The lowest BCUT2D eigenvalue weighted by Gasteiger charge is -2.49. The van der Waals surface area contributed by atoms with Crippen LogP contribution >= 0.6 is 0 Å². The zero-order valence-corrected chi connectivity index (χ0v) is 24.9. The third kappa shape index (κ3) is 8.04. The Bertz CT molecular complexity index is 882. The number of hydrogen-bond donors (Lipinski definition) is 0. The molecule has 204 valence electrons. The molecular formula is C33H50O3Si. The molecule has 0 aliphatic carbocycles. The van der Waals surface area contributed by atoms with E-state index in [1.54, 1.807) is 0 Å². The Morgan fingerprint density at radius 2 is 1.32 bits per heavy atom. The van der Waals surface area contributed by atoms with Gasteiger partial charge in [0.25, 0.3) is 8.32 Å². The number of carbonyl (C=O) groups is 1. The molecule has 1 aliphatic heterocycles. The Labute approximate surface area is 227 Å². The van der Waals surface area contributed by atoms with Crippen molar-refractivity contribution in [3.8, 4) is 0 Å². The zero-order chi connectivity index (χ0) is 26.6. The van der Waals surface area contributed by atoms with Crippen LogP contribution in [0, 0.1) is 0 Å². The van der Waals surface area contributed by atoms with Crippen molar-refractivity contribution in [2.45, 2.75) is 122 Å². The van der Waals surface area contributed by atoms with Crippen molar-refractivity contribution in [2.24, 2.45) is 0 Å². The molecule has 2 aromatic carbocycles. The molecule has 0 N–H and O–H groups in total. The summed E-state index contributed by atoms with van der Waals surface area (Å²) in [7, 11) is -2.74. The maximum absolute atomic E-state index is 12.3. The van der Waals surface area contributed by atoms with Crippen molar-refractivity contribution in [3.05, 3.63) is 60.7 Å². The van der Waals surface area contributed by atoms with Gasteiger partial charge >= 0.3 is 5.97 Å². The fraction of sp³-hybridized carbons (Fsp3) is 0.606. The maximum Gasteiger partial charge on any atom is 0.305 e. The molecule has 0 unspecified atom stereocenters. The van der Waals surface area contributed by atoms with Crippen LogP contribution in [0.25, 0.3) is 0 Å². The van der Waals surface area contributed by atoms with E-state index in [4.69, 9.17) is 9.16 Å². The van der Waals surface area contributed by atoms with Crippen LogP contribution < -0.4 is 10.4 Å². The van der Waals surface area contributed by atoms with Crippen LogP contribution in [0.1, 0.15) is 111 Å². The quantitative estimate of drug-likeness (QED) is 0.143. The second kappa shape index (κ2) is 14.3. The molecule has 1 fully saturated rings. The van der Waals surface area contributed by atoms with Gasteiger partial charge in [0.05, 0.1) is 5.60 Å². The van der Waals surface area contributed by atoms with E-state index >= 15 is 0 Å². The van der Waals surface area contributed by atoms with E-state index in [-0.39, 0.29) is 11.0 Å². The minimum Gasteiger partial charge on any atom is -0.463 e. The van der Waals surface area contributed by atoms with Gasteiger partial charge in [-0.05, 0) is 34.7 Å². The molecule has 0 saturated carbocycles. The molecule has 1 atom stereocenters. The summed E-state index contributed by atoms with van der Waals surface area (Å²) in [5.41, 5.74) is -0.446. The maximum atomic E-state index is 12.3. The molecule has 1 heterocycles. The molecule has 3 nitrogen and oxygen atoms in total. The van der Waals surface area contributed by atoms with E-state index in [0.717, 1.165) is 25.7 Å². The molecule has 1 aliphatic rings. The van der Waals surface area contributed by atoms with Crippen molar-refractivity contribution in [1.82, 2.24) is 0 Å². The first-order valence-electron chi connectivity index (χ1n) is 14.8. The number of rotatable bonds is 14. The van der Waals surface area contributed by atoms with E-state index < -0.39 is 13.9 Å². The Balaban J connectivity index is 1.87. The number of ether oxygens (including phenoxy) is 1. The number of esters is 1. The Morgan fingerprint density at radius 3 is 1.84 bits per heavy atom. The first kappa shape index (κ1) is 29.6. The Morgan fingerprint density at radius 1 is 0.811 bits per heavy atom. The van der Waals surface area contributed by atoms with Gasteiger partial charge in [0.2, 0.25) is 0 Å². The molecule has 0 radical (unpaired) electrons. The zero-order valence-electron chi connectivity index (χ0n) is 23.9. The van der Waals surface area contributed by atoms with Gasteiger partial charge in [0, 0.05) is 6.42 Å². The fourth-order valence-corrected chi connectivity index (χ4v) is 10.8. The third-order valence-electron chi connectivity index (χ3n) is 8.03. The van der Waals surface area contributed by atoms with Crippen molar-refractivity contribution < 1.29 is 14.0 Å². The number of carbonyl (C=O) groups excluding carboxylic acids is 1. The molecular weight excluding hydrogens is 472 g/mol. The lowest BCUT2D eigenvalue weighted by atomic mass is 9.91. The highest BCUT2D eigenvalue weighted by atomic mass is 28.4. The molecule has 1 saturated heterocycles. The molecule has 0 aromatic heterocycles. The van der Waals surface area contributed by atoms with Crippen molar-refractivity contribution in [3.63, 3.8) is 0 Å². The smallest absolute Gasteiger partial charge is 0.305 e. The van der Waals surface area contributed by atoms with Gasteiger partial charge in [-0.3, -0.25) is 4.79 Å². The van der Waals surface area contributed by atoms with Gasteiger partial charge in [0.1, 0.15) is 6.61 Å². The molecule has 0 spiro atoms. The highest BCUT2D eigenvalue weighted by molar-refractivity contribution is 6.99. The summed E-state index contributed by atoms with van der Waals surface area (Å²) in [5, 5.41) is 2.48. The SMILES string of the molecule is CCCCCCCCCCC[C@]1(O[Si](c2ccccc2)(c2ccccc2)C(C)(C)C)CCCC(=O)OC1. The summed E-state index contributed by atoms with van der Waals surface area (Å²) >= 11 is 0. The van der Waals surface area contributed by atoms with Gasteiger partial charge in [-0.2, -0.15) is 0 Å². The largest absolute Gasteiger partial charge is 0.463 e. The molecule has 3 rings (SSSR count). The number of hydrogen-bond acceptors (Lipinski definition) is 3. The van der Waals surface area contributed by atoms with E-state index in [1.165, 1.54) is 61.7 Å². The first-order chi connectivity index (χ1) is 17.8. The average Bonchev–Trinajstić information content (AvgIpc) is 3.08.